The van der Waals surface area contributed by atoms with Gasteiger partial charge in [-0.3, -0.25) is 10.1 Å². The number of rotatable bonds is 5. The van der Waals surface area contributed by atoms with Crippen molar-refractivity contribution in [3.63, 3.8) is 0 Å². The van der Waals surface area contributed by atoms with Crippen molar-refractivity contribution in [3.8, 4) is 0 Å². The molecule has 0 radical (unpaired) electrons. The quantitative estimate of drug-likeness (QED) is 0.627. The third-order valence-electron chi connectivity index (χ3n) is 2.47. The Hall–Kier alpha value is -1.85. The van der Waals surface area contributed by atoms with E-state index >= 15 is 0 Å². The highest BCUT2D eigenvalue weighted by Crippen LogP contribution is 2.24. The van der Waals surface area contributed by atoms with Gasteiger partial charge in [0.1, 0.15) is 5.82 Å². The molecule has 1 rings (SSSR count). The first-order valence-electron chi connectivity index (χ1n) is 5.65. The van der Waals surface area contributed by atoms with E-state index in [-0.39, 0.29) is 17.5 Å². The Bertz CT molecular complexity index is 406. The first kappa shape index (κ1) is 13.2. The Labute approximate surface area is 101 Å². The van der Waals surface area contributed by atoms with Gasteiger partial charge in [0.2, 0.25) is 5.82 Å². The molecule has 1 heterocycles. The number of hydrogen-bond acceptors (Lipinski definition) is 5. The van der Waals surface area contributed by atoms with E-state index in [9.17, 15) is 10.1 Å². The summed E-state index contributed by atoms with van der Waals surface area (Å²) >= 11 is 0. The van der Waals surface area contributed by atoms with Crippen LogP contribution in [0.2, 0.25) is 0 Å². The highest BCUT2D eigenvalue weighted by molar-refractivity contribution is 5.58. The minimum Gasteiger partial charge on any atom is -0.378 e. The molecular formula is C11H18N4O2. The summed E-state index contributed by atoms with van der Waals surface area (Å²) in [6.45, 7) is 7.02. The van der Waals surface area contributed by atoms with E-state index in [0.29, 0.717) is 5.82 Å². The molecule has 0 fully saturated rings. The molecule has 0 amide bonds. The number of nitro groups is 1. The number of aromatic nitrogens is 1. The molecule has 0 aliphatic carbocycles. The highest BCUT2D eigenvalue weighted by atomic mass is 16.6. The van der Waals surface area contributed by atoms with Crippen molar-refractivity contribution >= 4 is 17.3 Å². The van der Waals surface area contributed by atoms with E-state index in [4.69, 9.17) is 5.73 Å². The van der Waals surface area contributed by atoms with Crippen molar-refractivity contribution < 1.29 is 4.92 Å². The Morgan fingerprint density at radius 2 is 2.18 bits per heavy atom. The lowest BCUT2D eigenvalue weighted by Gasteiger charge is -2.27. The zero-order valence-corrected chi connectivity index (χ0v) is 10.4. The Kier molecular flexibility index (Phi) is 4.25. The summed E-state index contributed by atoms with van der Waals surface area (Å²) in [5, 5.41) is 10.6. The predicted molar refractivity (Wildman–Crippen MR) is 68.1 cm³/mol. The third-order valence-corrected chi connectivity index (χ3v) is 2.47. The van der Waals surface area contributed by atoms with Crippen LogP contribution in [0.3, 0.4) is 0 Å². The van der Waals surface area contributed by atoms with Crippen molar-refractivity contribution in [2.45, 2.75) is 33.2 Å². The molecule has 94 valence electrons. The van der Waals surface area contributed by atoms with Gasteiger partial charge >= 0.3 is 5.69 Å². The molecule has 6 heteroatoms. The molecule has 0 spiro atoms. The molecule has 0 aliphatic heterocycles. The van der Waals surface area contributed by atoms with Crippen LogP contribution >= 0.6 is 0 Å². The van der Waals surface area contributed by atoms with Gasteiger partial charge in [0.25, 0.3) is 0 Å². The Morgan fingerprint density at radius 1 is 1.53 bits per heavy atom. The van der Waals surface area contributed by atoms with Gasteiger partial charge in [0, 0.05) is 18.7 Å². The lowest BCUT2D eigenvalue weighted by molar-refractivity contribution is -0.384. The summed E-state index contributed by atoms with van der Waals surface area (Å²) < 4.78 is 0. The van der Waals surface area contributed by atoms with Crippen LogP contribution in [0, 0.1) is 10.1 Å². The Morgan fingerprint density at radius 3 is 2.59 bits per heavy atom. The number of hydrogen-bond donors (Lipinski definition) is 1. The van der Waals surface area contributed by atoms with Crippen molar-refractivity contribution in [2.24, 2.45) is 0 Å². The molecule has 0 bridgehead atoms. The summed E-state index contributed by atoms with van der Waals surface area (Å²) in [4.78, 5) is 16.3. The zero-order valence-electron chi connectivity index (χ0n) is 10.4. The molecule has 6 nitrogen and oxygen atoms in total. The van der Waals surface area contributed by atoms with Gasteiger partial charge < -0.3 is 10.6 Å². The number of nitrogens with two attached hydrogens (primary N) is 1. The molecule has 0 aliphatic rings. The van der Waals surface area contributed by atoms with Gasteiger partial charge in [-0.2, -0.15) is 0 Å². The van der Waals surface area contributed by atoms with Crippen LogP contribution in [0.25, 0.3) is 0 Å². The van der Waals surface area contributed by atoms with Gasteiger partial charge in [-0.25, -0.2) is 4.98 Å². The summed E-state index contributed by atoms with van der Waals surface area (Å²) in [6.07, 6.45) is 0.983. The van der Waals surface area contributed by atoms with Gasteiger partial charge in [-0.05, 0) is 26.3 Å². The van der Waals surface area contributed by atoms with Crippen LogP contribution in [0.5, 0.6) is 0 Å². The molecule has 1 aromatic rings. The van der Waals surface area contributed by atoms with Crippen LogP contribution < -0.4 is 10.6 Å². The summed E-state index contributed by atoms with van der Waals surface area (Å²) in [7, 11) is 0. The summed E-state index contributed by atoms with van der Waals surface area (Å²) in [6, 6.07) is 3.33. The molecule has 17 heavy (non-hydrogen) atoms. The number of anilines is 2. The van der Waals surface area contributed by atoms with Gasteiger partial charge in [0.15, 0.2) is 0 Å². The van der Waals surface area contributed by atoms with E-state index in [0.717, 1.165) is 13.0 Å². The second kappa shape index (κ2) is 5.47. The average molecular weight is 238 g/mol. The number of pyridine rings is 1. The number of nitrogen functional groups attached to an aromatic ring is 1. The second-order valence-electron chi connectivity index (χ2n) is 4.12. The molecular weight excluding hydrogens is 220 g/mol. The van der Waals surface area contributed by atoms with Crippen LogP contribution in [0.4, 0.5) is 17.3 Å². The van der Waals surface area contributed by atoms with Crippen molar-refractivity contribution in [1.82, 2.24) is 4.98 Å². The van der Waals surface area contributed by atoms with Crippen molar-refractivity contribution in [2.75, 3.05) is 17.2 Å². The summed E-state index contributed by atoms with van der Waals surface area (Å²) in [5.74, 6) is 0.652. The first-order chi connectivity index (χ1) is 7.97. The highest BCUT2D eigenvalue weighted by Gasteiger charge is 2.17. The topological polar surface area (TPSA) is 85.3 Å². The monoisotopic (exact) mass is 238 g/mol. The fourth-order valence-corrected chi connectivity index (χ4v) is 1.65. The molecule has 1 aromatic heterocycles. The van der Waals surface area contributed by atoms with Gasteiger partial charge in [0.05, 0.1) is 4.92 Å². The van der Waals surface area contributed by atoms with Crippen molar-refractivity contribution in [1.29, 1.82) is 0 Å². The smallest absolute Gasteiger partial charge is 0.311 e. The van der Waals surface area contributed by atoms with E-state index in [1.165, 1.54) is 6.07 Å². The SMILES string of the molecule is CCCN(c1ccc([N+](=O)[O-])c(N)n1)C(C)C. The fraction of sp³-hybridized carbons (Fsp3) is 0.545. The van der Waals surface area contributed by atoms with Crippen LogP contribution in [-0.4, -0.2) is 22.5 Å². The lowest BCUT2D eigenvalue weighted by Crippen LogP contribution is -2.32. The maximum absolute atomic E-state index is 10.6. The minimum absolute atomic E-state index is 0.0331. The minimum atomic E-state index is -0.522. The lowest BCUT2D eigenvalue weighted by atomic mass is 10.2. The zero-order chi connectivity index (χ0) is 13.0. The average Bonchev–Trinajstić information content (AvgIpc) is 2.24. The molecule has 2 N–H and O–H groups in total. The summed E-state index contributed by atoms with van der Waals surface area (Å²) in [5.41, 5.74) is 5.43. The fourth-order valence-electron chi connectivity index (χ4n) is 1.65. The first-order valence-corrected chi connectivity index (χ1v) is 5.65. The van der Waals surface area contributed by atoms with E-state index in [1.54, 1.807) is 6.07 Å². The van der Waals surface area contributed by atoms with E-state index in [2.05, 4.69) is 30.7 Å². The number of nitrogens with zero attached hydrogens (tertiary/aromatic N) is 3. The van der Waals surface area contributed by atoms with Crippen LogP contribution in [0.15, 0.2) is 12.1 Å². The molecule has 0 atom stereocenters. The van der Waals surface area contributed by atoms with E-state index in [1.807, 2.05) is 0 Å². The predicted octanol–water partition coefficient (Wildman–Crippen LogP) is 2.20. The van der Waals surface area contributed by atoms with Crippen LogP contribution in [0.1, 0.15) is 27.2 Å². The van der Waals surface area contributed by atoms with Crippen LogP contribution in [-0.2, 0) is 0 Å². The maximum atomic E-state index is 10.6. The van der Waals surface area contributed by atoms with Crippen molar-refractivity contribution in [3.05, 3.63) is 22.2 Å². The third kappa shape index (κ3) is 3.05. The maximum Gasteiger partial charge on any atom is 0.311 e. The molecule has 0 saturated carbocycles. The van der Waals surface area contributed by atoms with Gasteiger partial charge in [-0.15, -0.1) is 0 Å². The second-order valence-corrected chi connectivity index (χ2v) is 4.12. The largest absolute Gasteiger partial charge is 0.378 e. The molecule has 0 saturated heterocycles. The molecule has 0 unspecified atom stereocenters. The van der Waals surface area contributed by atoms with E-state index < -0.39 is 4.92 Å². The Balaban J connectivity index is 3.06. The van der Waals surface area contributed by atoms with Gasteiger partial charge in [-0.1, -0.05) is 6.92 Å². The standard InChI is InChI=1S/C11H18N4O2/c1-4-7-14(8(2)3)10-6-5-9(15(16)17)11(12)13-10/h5-6,8H,4,7H2,1-3H3,(H2,12,13). The molecule has 0 aromatic carbocycles. The normalized spacial score (nSPS) is 10.6.